The molecule has 0 aliphatic rings. The van der Waals surface area contributed by atoms with Crippen molar-refractivity contribution in [2.45, 2.75) is 65.8 Å². The van der Waals surface area contributed by atoms with E-state index in [1.54, 1.807) is 4.68 Å². The first-order chi connectivity index (χ1) is 13.6. The lowest BCUT2D eigenvalue weighted by Gasteiger charge is -2.25. The van der Waals surface area contributed by atoms with Gasteiger partial charge in [0.2, 0.25) is 0 Å². The average molecular weight is 418 g/mol. The Hall–Kier alpha value is -2.48. The van der Waals surface area contributed by atoms with Crippen molar-refractivity contribution >= 4 is 23.3 Å². The molecule has 0 aliphatic heterocycles. The zero-order chi connectivity index (χ0) is 21.4. The summed E-state index contributed by atoms with van der Waals surface area (Å²) in [6.07, 6.45) is 2.13. The molecule has 8 heteroatoms. The number of nitrogens with zero attached hydrogens (tertiary/aromatic N) is 3. The van der Waals surface area contributed by atoms with Crippen molar-refractivity contribution in [3.8, 4) is 0 Å². The summed E-state index contributed by atoms with van der Waals surface area (Å²) >= 11 is 5.53. The number of nitrogens with one attached hydrogen (secondary N) is 2. The van der Waals surface area contributed by atoms with Crippen LogP contribution in [0.1, 0.15) is 52.3 Å². The molecule has 2 aromatic rings. The van der Waals surface area contributed by atoms with Crippen LogP contribution < -0.4 is 10.6 Å². The van der Waals surface area contributed by atoms with Gasteiger partial charge in [0.25, 0.3) is 0 Å². The van der Waals surface area contributed by atoms with Crippen LogP contribution in [0.25, 0.3) is 0 Å². The number of ether oxygens (including phenoxy) is 1. The fourth-order valence-electron chi connectivity index (χ4n) is 2.72. The Kier molecular flexibility index (Phi) is 8.13. The molecule has 0 saturated heterocycles. The summed E-state index contributed by atoms with van der Waals surface area (Å²) in [6, 6.07) is 9.78. The Morgan fingerprint density at radius 2 is 1.93 bits per heavy atom. The van der Waals surface area contributed by atoms with Gasteiger partial charge < -0.3 is 15.4 Å². The smallest absolute Gasteiger partial charge is 0.408 e. The number of alkyl carbamates (subject to hydrolysis) is 1. The van der Waals surface area contributed by atoms with E-state index in [1.165, 1.54) is 0 Å². The third-order valence-electron chi connectivity index (χ3n) is 3.93. The van der Waals surface area contributed by atoms with Crippen LogP contribution in [0.15, 0.2) is 36.5 Å². The molecule has 29 heavy (non-hydrogen) atoms. The quantitative estimate of drug-likeness (QED) is 0.638. The first kappa shape index (κ1) is 22.8. The summed E-state index contributed by atoms with van der Waals surface area (Å²) in [7, 11) is 0. The molecule has 0 spiro atoms. The van der Waals surface area contributed by atoms with Crippen LogP contribution in [-0.2, 0) is 17.8 Å². The van der Waals surface area contributed by atoms with E-state index >= 15 is 0 Å². The van der Waals surface area contributed by atoms with E-state index in [0.29, 0.717) is 30.4 Å². The van der Waals surface area contributed by atoms with E-state index < -0.39 is 11.7 Å². The van der Waals surface area contributed by atoms with Crippen LogP contribution in [0.5, 0.6) is 0 Å². The van der Waals surface area contributed by atoms with Gasteiger partial charge in [-0.05, 0) is 38.7 Å². The Balaban J connectivity index is 1.91. The molecule has 2 rings (SSSR count). The van der Waals surface area contributed by atoms with Crippen molar-refractivity contribution < 1.29 is 9.53 Å². The van der Waals surface area contributed by atoms with Crippen molar-refractivity contribution in [2.75, 3.05) is 0 Å². The highest BCUT2D eigenvalue weighted by molar-refractivity contribution is 7.80. The molecule has 2 N–H and O–H groups in total. The maximum atomic E-state index is 12.2. The highest BCUT2D eigenvalue weighted by atomic mass is 32.1. The lowest BCUT2D eigenvalue weighted by molar-refractivity contribution is 0.0514. The normalized spacial score (nSPS) is 12.5. The van der Waals surface area contributed by atoms with E-state index in [-0.39, 0.29) is 6.04 Å². The lowest BCUT2D eigenvalue weighted by Crippen LogP contribution is -2.47. The molecule has 1 aromatic heterocycles. The Morgan fingerprint density at radius 3 is 2.55 bits per heavy atom. The van der Waals surface area contributed by atoms with E-state index in [2.05, 4.69) is 34.8 Å². The van der Waals surface area contributed by atoms with Crippen molar-refractivity contribution in [3.63, 3.8) is 0 Å². The van der Waals surface area contributed by atoms with Gasteiger partial charge in [0.15, 0.2) is 0 Å². The Morgan fingerprint density at radius 1 is 1.24 bits per heavy atom. The highest BCUT2D eigenvalue weighted by Gasteiger charge is 2.23. The molecule has 0 saturated carbocycles. The number of hydrogen-bond acceptors (Lipinski definition) is 5. The SMILES string of the molecule is CC(C)C[C@H](NC(=O)OC(C)(C)C)C(=S)NCc1cn(Cc2ccccc2)nn1. The highest BCUT2D eigenvalue weighted by Crippen LogP contribution is 2.10. The molecule has 1 atom stereocenters. The van der Waals surface area contributed by atoms with Gasteiger partial charge in [0, 0.05) is 0 Å². The fourth-order valence-corrected chi connectivity index (χ4v) is 2.95. The van der Waals surface area contributed by atoms with Gasteiger partial charge in [0.05, 0.1) is 30.3 Å². The van der Waals surface area contributed by atoms with Crippen LogP contribution in [0.2, 0.25) is 0 Å². The second-order valence-electron chi connectivity index (χ2n) is 8.44. The summed E-state index contributed by atoms with van der Waals surface area (Å²) in [5.74, 6) is 0.362. The van der Waals surface area contributed by atoms with Crippen LogP contribution in [-0.4, -0.2) is 37.7 Å². The number of carbonyl (C=O) groups is 1. The first-order valence-electron chi connectivity index (χ1n) is 9.82. The van der Waals surface area contributed by atoms with Gasteiger partial charge in [-0.2, -0.15) is 0 Å². The summed E-state index contributed by atoms with van der Waals surface area (Å²) in [6.45, 7) is 10.8. The number of carbonyl (C=O) groups excluding carboxylic acids is 1. The van der Waals surface area contributed by atoms with Gasteiger partial charge in [0.1, 0.15) is 11.3 Å². The third-order valence-corrected chi connectivity index (χ3v) is 4.36. The van der Waals surface area contributed by atoms with Crippen LogP contribution >= 0.6 is 12.2 Å². The number of hydrogen-bond donors (Lipinski definition) is 2. The van der Waals surface area contributed by atoms with Gasteiger partial charge in [-0.25, -0.2) is 9.48 Å². The van der Waals surface area contributed by atoms with Crippen molar-refractivity contribution in [1.82, 2.24) is 25.6 Å². The van der Waals surface area contributed by atoms with Crippen molar-refractivity contribution in [2.24, 2.45) is 5.92 Å². The summed E-state index contributed by atoms with van der Waals surface area (Å²) < 4.78 is 7.15. The number of rotatable bonds is 8. The van der Waals surface area contributed by atoms with Gasteiger partial charge in [-0.3, -0.25) is 0 Å². The van der Waals surface area contributed by atoms with Gasteiger partial charge in [-0.1, -0.05) is 61.6 Å². The van der Waals surface area contributed by atoms with Gasteiger partial charge in [-0.15, -0.1) is 5.10 Å². The van der Waals surface area contributed by atoms with Crippen LogP contribution in [0.4, 0.5) is 4.79 Å². The number of benzene rings is 1. The first-order valence-corrected chi connectivity index (χ1v) is 10.2. The summed E-state index contributed by atoms with van der Waals surface area (Å²) in [5.41, 5.74) is 1.38. The minimum absolute atomic E-state index is 0.306. The molecular formula is C21H31N5O2S. The van der Waals surface area contributed by atoms with Crippen LogP contribution in [0, 0.1) is 5.92 Å². The molecule has 1 amide bonds. The molecule has 0 bridgehead atoms. The minimum Gasteiger partial charge on any atom is -0.444 e. The molecule has 0 fully saturated rings. The monoisotopic (exact) mass is 417 g/mol. The zero-order valence-electron chi connectivity index (χ0n) is 17.8. The van der Waals surface area contributed by atoms with Crippen molar-refractivity contribution in [1.29, 1.82) is 0 Å². The van der Waals surface area contributed by atoms with E-state index in [0.717, 1.165) is 11.3 Å². The maximum Gasteiger partial charge on any atom is 0.408 e. The molecular weight excluding hydrogens is 386 g/mol. The summed E-state index contributed by atoms with van der Waals surface area (Å²) in [4.78, 5) is 12.7. The average Bonchev–Trinajstić information content (AvgIpc) is 3.05. The lowest BCUT2D eigenvalue weighted by atomic mass is 10.0. The molecule has 158 valence electrons. The van der Waals surface area contributed by atoms with Crippen molar-refractivity contribution in [3.05, 3.63) is 47.8 Å². The molecule has 1 aromatic carbocycles. The number of thiocarbonyl (C=S) groups is 1. The number of amides is 1. The molecule has 0 radical (unpaired) electrons. The largest absolute Gasteiger partial charge is 0.444 e. The Labute approximate surface area is 178 Å². The molecule has 1 heterocycles. The third kappa shape index (κ3) is 8.60. The Bertz CT molecular complexity index is 799. The number of aromatic nitrogens is 3. The minimum atomic E-state index is -0.557. The predicted molar refractivity (Wildman–Crippen MR) is 118 cm³/mol. The molecule has 0 aliphatic carbocycles. The second-order valence-corrected chi connectivity index (χ2v) is 8.88. The van der Waals surface area contributed by atoms with E-state index in [1.807, 2.05) is 57.3 Å². The standard InChI is InChI=1S/C21H31N5O2S/c1-15(2)11-18(23-20(27)28-21(3,4)5)19(29)22-12-17-14-26(25-24-17)13-16-9-7-6-8-10-16/h6-10,14-15,18H,11-13H2,1-5H3,(H,22,29)(H,23,27)/t18-/m0/s1. The fraction of sp³-hybridized carbons (Fsp3) is 0.524. The predicted octanol–water partition coefficient (Wildman–Crippen LogP) is 3.68. The van der Waals surface area contributed by atoms with E-state index in [9.17, 15) is 4.79 Å². The summed E-state index contributed by atoms with van der Waals surface area (Å²) in [5, 5.41) is 14.4. The molecule has 0 unspecified atom stereocenters. The van der Waals surface area contributed by atoms with Crippen LogP contribution in [0.3, 0.4) is 0 Å². The maximum absolute atomic E-state index is 12.2. The van der Waals surface area contributed by atoms with E-state index in [4.69, 9.17) is 17.0 Å². The zero-order valence-corrected chi connectivity index (χ0v) is 18.6. The van der Waals surface area contributed by atoms with Gasteiger partial charge >= 0.3 is 6.09 Å². The topological polar surface area (TPSA) is 81.1 Å². The molecule has 7 nitrogen and oxygen atoms in total. The second kappa shape index (κ2) is 10.3.